The second-order valence-corrected chi connectivity index (χ2v) is 20.8. The van der Waals surface area contributed by atoms with Crippen LogP contribution in [0.3, 0.4) is 0 Å². The summed E-state index contributed by atoms with van der Waals surface area (Å²) in [5, 5.41) is 2.22. The third-order valence-corrected chi connectivity index (χ3v) is 12.6. The van der Waals surface area contributed by atoms with Crippen molar-refractivity contribution in [1.82, 2.24) is 9.55 Å². The number of hydrogen-bond acceptors (Lipinski definition) is 4. The Morgan fingerprint density at radius 1 is 0.538 bits per heavy atom. The van der Waals surface area contributed by atoms with Gasteiger partial charge in [-0.25, -0.2) is 4.98 Å². The first kappa shape index (κ1) is 45.7. The van der Waals surface area contributed by atoms with Crippen molar-refractivity contribution in [3.05, 3.63) is 199 Å². The summed E-state index contributed by atoms with van der Waals surface area (Å²) in [4.78, 5) is 9.52. The number of rotatable bonds is 8. The van der Waals surface area contributed by atoms with E-state index in [1.54, 1.807) is 0 Å². The van der Waals surface area contributed by atoms with Crippen LogP contribution in [0, 0.1) is 24.2 Å². The number of allylic oxidation sites excluding steroid dienone is 1. The number of benzene rings is 6. The largest absolute Gasteiger partial charge is 0.509 e. The van der Waals surface area contributed by atoms with Crippen molar-refractivity contribution in [1.29, 1.82) is 0 Å². The SMILES string of the molecule is CC(C)(C)C1=CN(c2[c-]c(Oc3[c-]c4c(cc3)c3ccccc3n4-c3cc(C(C)(C)c4ccccc4)ccn3)cc(C(C)(C)C)c2)[CH-]N1c1cc(-c2ccccc2)cc(C(C)(C)C)c1.[Pt]. The summed E-state index contributed by atoms with van der Waals surface area (Å²) in [6.07, 6.45) is 4.18. The molecule has 0 fully saturated rings. The van der Waals surface area contributed by atoms with E-state index in [0.717, 1.165) is 44.6 Å². The molecule has 5 nitrogen and oxygen atoms in total. The number of nitrogens with zero attached hydrogens (tertiary/aromatic N) is 4. The van der Waals surface area contributed by atoms with Gasteiger partial charge in [-0.2, -0.15) is 6.07 Å². The predicted octanol–water partition coefficient (Wildman–Crippen LogP) is 15.5. The summed E-state index contributed by atoms with van der Waals surface area (Å²) in [5.41, 5.74) is 11.9. The molecule has 8 aromatic rings. The van der Waals surface area contributed by atoms with Gasteiger partial charge < -0.3 is 19.1 Å². The van der Waals surface area contributed by atoms with Gasteiger partial charge in [-0.05, 0) is 80.6 Å². The molecule has 1 aliphatic rings. The number of hydrogen-bond donors (Lipinski definition) is 0. The van der Waals surface area contributed by atoms with Gasteiger partial charge in [0.05, 0.1) is 0 Å². The fourth-order valence-electron chi connectivity index (χ4n) is 8.68. The molecule has 0 amide bonds. The van der Waals surface area contributed by atoms with Crippen molar-refractivity contribution in [2.75, 3.05) is 9.80 Å². The normalized spacial score (nSPS) is 13.6. The molecule has 0 spiro atoms. The van der Waals surface area contributed by atoms with Gasteiger partial charge >= 0.3 is 0 Å². The average Bonchev–Trinajstić information content (AvgIpc) is 3.87. The van der Waals surface area contributed by atoms with Crippen molar-refractivity contribution in [2.45, 2.75) is 92.4 Å². The molecule has 0 N–H and O–H groups in total. The number of ether oxygens (including phenoxy) is 1. The van der Waals surface area contributed by atoms with Crippen LogP contribution in [0.25, 0.3) is 38.8 Å². The molecule has 0 aliphatic carbocycles. The van der Waals surface area contributed by atoms with Gasteiger partial charge in [-0.1, -0.05) is 167 Å². The van der Waals surface area contributed by atoms with Gasteiger partial charge in [0.2, 0.25) is 0 Å². The van der Waals surface area contributed by atoms with Gasteiger partial charge in [0.1, 0.15) is 5.82 Å². The first-order valence-electron chi connectivity index (χ1n) is 22.4. The molecule has 1 aliphatic heterocycles. The Morgan fingerprint density at radius 2 is 1.20 bits per heavy atom. The molecule has 0 radical (unpaired) electrons. The van der Waals surface area contributed by atoms with Crippen LogP contribution in [-0.4, -0.2) is 9.55 Å². The summed E-state index contributed by atoms with van der Waals surface area (Å²) in [7, 11) is 0. The van der Waals surface area contributed by atoms with Crippen LogP contribution in [0.15, 0.2) is 158 Å². The smallest absolute Gasteiger partial charge is 0.135 e. The van der Waals surface area contributed by atoms with E-state index in [2.05, 4.69) is 249 Å². The Balaban J connectivity index is 0.00000576. The van der Waals surface area contributed by atoms with Crippen molar-refractivity contribution in [3.8, 4) is 28.4 Å². The Labute approximate surface area is 401 Å². The van der Waals surface area contributed by atoms with Crippen molar-refractivity contribution in [3.63, 3.8) is 0 Å². The molecule has 0 unspecified atom stereocenters. The fourth-order valence-corrected chi connectivity index (χ4v) is 8.68. The molecule has 0 saturated heterocycles. The monoisotopic (exact) mass is 1030 g/mol. The topological polar surface area (TPSA) is 33.5 Å². The molecular weight excluding hydrogens is 976 g/mol. The molecule has 0 saturated carbocycles. The zero-order chi connectivity index (χ0) is 45.2. The van der Waals surface area contributed by atoms with E-state index in [0.29, 0.717) is 11.5 Å². The molecule has 3 heterocycles. The zero-order valence-corrected chi connectivity index (χ0v) is 41.8. The van der Waals surface area contributed by atoms with Crippen LogP contribution in [0.1, 0.15) is 98.4 Å². The number of aromatic nitrogens is 2. The van der Waals surface area contributed by atoms with Gasteiger partial charge in [0.25, 0.3) is 0 Å². The van der Waals surface area contributed by atoms with Crippen LogP contribution in [0.4, 0.5) is 11.4 Å². The van der Waals surface area contributed by atoms with E-state index in [1.807, 2.05) is 12.3 Å². The molecular formula is C59H59N4OPt-3. The molecule has 65 heavy (non-hydrogen) atoms. The third-order valence-electron chi connectivity index (χ3n) is 12.6. The maximum absolute atomic E-state index is 6.85. The van der Waals surface area contributed by atoms with E-state index in [4.69, 9.17) is 9.72 Å². The maximum atomic E-state index is 6.85. The van der Waals surface area contributed by atoms with Crippen molar-refractivity contribution in [2.24, 2.45) is 5.41 Å². The Morgan fingerprint density at radius 3 is 1.89 bits per heavy atom. The van der Waals surface area contributed by atoms with Crippen LogP contribution in [0.2, 0.25) is 0 Å². The van der Waals surface area contributed by atoms with Crippen molar-refractivity contribution < 1.29 is 25.8 Å². The summed E-state index contributed by atoms with van der Waals surface area (Å²) < 4.78 is 9.06. The first-order chi connectivity index (χ1) is 30.3. The standard InChI is InChI=1S/C59H59N4O.Pt/c1-56(2,3)44-30-41(40-20-14-12-15-21-40)31-47(33-44)62-39-61(38-54(62)58(7,8)9)46-32-45(57(4,5)6)34-49(36-46)64-48-26-27-51-50-24-18-19-25-52(50)63(53(51)37-48)55-35-43(28-29-60-55)59(10,11)42-22-16-13-17-23-42;/h12-35,38-39H,1-11H3;/q-3;. The van der Waals surface area contributed by atoms with Crippen LogP contribution >= 0.6 is 0 Å². The Bertz CT molecular complexity index is 3030. The quantitative estimate of drug-likeness (QED) is 0.142. The zero-order valence-electron chi connectivity index (χ0n) is 39.5. The second kappa shape index (κ2) is 17.1. The molecule has 334 valence electrons. The minimum Gasteiger partial charge on any atom is -0.509 e. The van der Waals surface area contributed by atoms with E-state index < -0.39 is 0 Å². The van der Waals surface area contributed by atoms with Gasteiger partial charge in [0.15, 0.2) is 0 Å². The number of anilines is 2. The number of pyridine rings is 1. The summed E-state index contributed by atoms with van der Waals surface area (Å²) in [5.74, 6) is 2.07. The molecule has 6 aromatic carbocycles. The van der Waals surface area contributed by atoms with Crippen LogP contribution in [0.5, 0.6) is 11.5 Å². The first-order valence-corrected chi connectivity index (χ1v) is 22.4. The van der Waals surface area contributed by atoms with E-state index in [1.165, 1.54) is 33.5 Å². The van der Waals surface area contributed by atoms with E-state index in [-0.39, 0.29) is 42.7 Å². The van der Waals surface area contributed by atoms with Gasteiger partial charge in [0, 0.05) is 66.5 Å². The van der Waals surface area contributed by atoms with Crippen LogP contribution < -0.4 is 14.5 Å². The maximum Gasteiger partial charge on any atom is 0.135 e. The summed E-state index contributed by atoms with van der Waals surface area (Å²) in [6.45, 7) is 27.2. The Kier molecular flexibility index (Phi) is 12.0. The van der Waals surface area contributed by atoms with Gasteiger partial charge in [-0.15, -0.1) is 53.6 Å². The summed E-state index contributed by atoms with van der Waals surface area (Å²) >= 11 is 0. The summed E-state index contributed by atoms with van der Waals surface area (Å²) in [6, 6.07) is 57.1. The second-order valence-electron chi connectivity index (χ2n) is 20.8. The van der Waals surface area contributed by atoms with E-state index >= 15 is 0 Å². The Hall–Kier alpha value is -5.90. The fraction of sp³-hybridized carbons (Fsp3) is 0.254. The molecule has 2 aromatic heterocycles. The minimum atomic E-state index is -0.227. The van der Waals surface area contributed by atoms with Crippen LogP contribution in [-0.2, 0) is 37.3 Å². The van der Waals surface area contributed by atoms with Gasteiger partial charge in [-0.3, -0.25) is 0 Å². The van der Waals surface area contributed by atoms with Crippen molar-refractivity contribution >= 4 is 33.2 Å². The molecule has 0 bridgehead atoms. The third kappa shape index (κ3) is 9.05. The average molecular weight is 1040 g/mol. The number of fused-ring (bicyclic) bond motifs is 3. The predicted molar refractivity (Wildman–Crippen MR) is 267 cm³/mol. The molecule has 9 rings (SSSR count). The van der Waals surface area contributed by atoms with E-state index in [9.17, 15) is 0 Å². The molecule has 6 heteroatoms. The molecule has 0 atom stereocenters. The minimum absolute atomic E-state index is 0. The number of para-hydroxylation sites is 1.